The number of carbonyl (C=O) groups is 2. The fourth-order valence-corrected chi connectivity index (χ4v) is 2.46. The van der Waals surface area contributed by atoms with Crippen molar-refractivity contribution in [1.82, 2.24) is 5.32 Å². The number of carboxylic acid groups (broad SMARTS) is 1. The first-order chi connectivity index (χ1) is 10.3. The smallest absolute Gasteiger partial charge is 0.326 e. The maximum atomic E-state index is 12.1. The van der Waals surface area contributed by atoms with Crippen molar-refractivity contribution in [3.63, 3.8) is 0 Å². The van der Waals surface area contributed by atoms with E-state index in [1.807, 2.05) is 13.8 Å². The van der Waals surface area contributed by atoms with Gasteiger partial charge in [-0.15, -0.1) is 11.8 Å². The largest absolute Gasteiger partial charge is 0.480 e. The molecule has 7 nitrogen and oxygen atoms in total. The summed E-state index contributed by atoms with van der Waals surface area (Å²) in [5.74, 6) is -1.67. The highest BCUT2D eigenvalue weighted by atomic mass is 32.2. The lowest BCUT2D eigenvalue weighted by Gasteiger charge is -2.16. The molecule has 0 spiro atoms. The van der Waals surface area contributed by atoms with E-state index in [0.717, 1.165) is 6.07 Å². The van der Waals surface area contributed by atoms with Crippen molar-refractivity contribution in [2.45, 2.75) is 31.2 Å². The van der Waals surface area contributed by atoms with E-state index >= 15 is 0 Å². The van der Waals surface area contributed by atoms with Gasteiger partial charge in [0.2, 0.25) is 0 Å². The highest BCUT2D eigenvalue weighted by Gasteiger charge is 2.23. The number of thioether (sulfide) groups is 1. The molecular weight excluding hydrogens is 308 g/mol. The number of benzene rings is 1. The van der Waals surface area contributed by atoms with Crippen molar-refractivity contribution < 1.29 is 19.6 Å². The predicted octanol–water partition coefficient (Wildman–Crippen LogP) is 2.55. The normalized spacial score (nSPS) is 12.0. The molecule has 2 N–H and O–H groups in total. The molecule has 0 bridgehead atoms. The van der Waals surface area contributed by atoms with Crippen LogP contribution in [0.4, 0.5) is 5.69 Å². The molecule has 22 heavy (non-hydrogen) atoms. The standard InChI is InChI=1S/C14H18N2O5S/c1-8(2)6-10(14(18)19)15-13(17)9-4-5-12(22-3)11(7-9)16(20)21/h4-5,7-8,10H,6H2,1-3H3,(H,15,17)(H,18,19)/t10-/m1/s1. The Morgan fingerprint density at radius 3 is 2.50 bits per heavy atom. The molecule has 1 aromatic rings. The molecule has 1 atom stereocenters. The van der Waals surface area contributed by atoms with Gasteiger partial charge in [0.1, 0.15) is 6.04 Å². The number of nitro groups is 1. The molecule has 0 saturated carbocycles. The summed E-state index contributed by atoms with van der Waals surface area (Å²) in [6.45, 7) is 3.69. The van der Waals surface area contributed by atoms with Crippen LogP contribution in [0.2, 0.25) is 0 Å². The zero-order chi connectivity index (χ0) is 16.9. The molecule has 0 radical (unpaired) electrons. The van der Waals surface area contributed by atoms with Crippen LogP contribution in [0.1, 0.15) is 30.6 Å². The van der Waals surface area contributed by atoms with Crippen LogP contribution in [-0.4, -0.2) is 34.2 Å². The van der Waals surface area contributed by atoms with E-state index in [4.69, 9.17) is 5.11 Å². The second-order valence-electron chi connectivity index (χ2n) is 5.14. The number of aliphatic carboxylic acids is 1. The van der Waals surface area contributed by atoms with Crippen LogP contribution in [0, 0.1) is 16.0 Å². The number of hydrogen-bond donors (Lipinski definition) is 2. The predicted molar refractivity (Wildman–Crippen MR) is 83.2 cm³/mol. The van der Waals surface area contributed by atoms with Crippen LogP contribution in [0.25, 0.3) is 0 Å². The van der Waals surface area contributed by atoms with Gasteiger partial charge in [-0.1, -0.05) is 13.8 Å². The Kier molecular flexibility index (Phi) is 6.36. The minimum Gasteiger partial charge on any atom is -0.480 e. The van der Waals surface area contributed by atoms with Gasteiger partial charge in [-0.3, -0.25) is 14.9 Å². The van der Waals surface area contributed by atoms with Gasteiger partial charge in [0.25, 0.3) is 11.6 Å². The topological polar surface area (TPSA) is 110 Å². The summed E-state index contributed by atoms with van der Waals surface area (Å²) in [6.07, 6.45) is 1.98. The number of amides is 1. The zero-order valence-electron chi connectivity index (χ0n) is 12.5. The lowest BCUT2D eigenvalue weighted by molar-refractivity contribution is -0.387. The number of hydrogen-bond acceptors (Lipinski definition) is 5. The van der Waals surface area contributed by atoms with Crippen LogP contribution >= 0.6 is 11.8 Å². The molecule has 1 rings (SSSR count). The second-order valence-corrected chi connectivity index (χ2v) is 5.99. The van der Waals surface area contributed by atoms with Gasteiger partial charge in [0, 0.05) is 11.6 Å². The number of nitrogens with zero attached hydrogens (tertiary/aromatic N) is 1. The van der Waals surface area contributed by atoms with E-state index < -0.39 is 22.8 Å². The Morgan fingerprint density at radius 2 is 2.05 bits per heavy atom. The van der Waals surface area contributed by atoms with Gasteiger partial charge in [-0.2, -0.15) is 0 Å². The van der Waals surface area contributed by atoms with Crippen LogP contribution in [-0.2, 0) is 4.79 Å². The fourth-order valence-electron chi connectivity index (χ4n) is 1.91. The van der Waals surface area contributed by atoms with E-state index in [1.165, 1.54) is 23.9 Å². The Balaban J connectivity index is 3.00. The number of carbonyl (C=O) groups excluding carboxylic acids is 1. The quantitative estimate of drug-likeness (QED) is 0.453. The average molecular weight is 326 g/mol. The fraction of sp³-hybridized carbons (Fsp3) is 0.429. The molecule has 0 aromatic heterocycles. The third-order valence-corrected chi connectivity index (χ3v) is 3.73. The molecule has 0 aliphatic heterocycles. The van der Waals surface area contributed by atoms with E-state index in [-0.39, 0.29) is 23.6 Å². The molecule has 0 fully saturated rings. The van der Waals surface area contributed by atoms with Gasteiger partial charge in [-0.05, 0) is 30.7 Å². The second kappa shape index (κ2) is 7.79. The Hall–Kier alpha value is -2.09. The van der Waals surface area contributed by atoms with Crippen molar-refractivity contribution in [1.29, 1.82) is 0 Å². The van der Waals surface area contributed by atoms with Crippen LogP contribution in [0.15, 0.2) is 23.1 Å². The number of nitro benzene ring substituents is 1. The summed E-state index contributed by atoms with van der Waals surface area (Å²) >= 11 is 1.20. The Labute approximate surface area is 132 Å². The molecule has 1 amide bonds. The molecule has 0 aliphatic carbocycles. The molecule has 120 valence electrons. The summed E-state index contributed by atoms with van der Waals surface area (Å²) in [5, 5.41) is 22.5. The number of carboxylic acids is 1. The van der Waals surface area contributed by atoms with Gasteiger partial charge >= 0.3 is 5.97 Å². The maximum Gasteiger partial charge on any atom is 0.326 e. The highest BCUT2D eigenvalue weighted by molar-refractivity contribution is 7.98. The first kappa shape index (κ1) is 18.0. The number of nitrogens with one attached hydrogen (secondary N) is 1. The molecule has 0 unspecified atom stereocenters. The van der Waals surface area contributed by atoms with E-state index in [0.29, 0.717) is 4.90 Å². The van der Waals surface area contributed by atoms with E-state index in [1.54, 1.807) is 6.26 Å². The van der Waals surface area contributed by atoms with Crippen molar-refractivity contribution in [2.75, 3.05) is 6.26 Å². The van der Waals surface area contributed by atoms with Crippen LogP contribution in [0.3, 0.4) is 0 Å². The van der Waals surface area contributed by atoms with Gasteiger partial charge in [-0.25, -0.2) is 4.79 Å². The SMILES string of the molecule is CSc1ccc(C(=O)N[C@H](CC(C)C)C(=O)O)cc1[N+](=O)[O-]. The maximum absolute atomic E-state index is 12.1. The monoisotopic (exact) mass is 326 g/mol. The third-order valence-electron chi connectivity index (χ3n) is 2.95. The first-order valence-electron chi connectivity index (χ1n) is 6.62. The van der Waals surface area contributed by atoms with Crippen molar-refractivity contribution in [2.24, 2.45) is 5.92 Å². The van der Waals surface area contributed by atoms with Crippen molar-refractivity contribution in [3.8, 4) is 0 Å². The summed E-state index contributed by atoms with van der Waals surface area (Å²) in [7, 11) is 0. The highest BCUT2D eigenvalue weighted by Crippen LogP contribution is 2.28. The summed E-state index contributed by atoms with van der Waals surface area (Å²) in [6, 6.07) is 3.07. The molecule has 0 heterocycles. The lowest BCUT2D eigenvalue weighted by Crippen LogP contribution is -2.41. The zero-order valence-corrected chi connectivity index (χ0v) is 13.3. The summed E-state index contributed by atoms with van der Waals surface area (Å²) in [4.78, 5) is 34.1. The van der Waals surface area contributed by atoms with Crippen LogP contribution in [0.5, 0.6) is 0 Å². The molecule has 8 heteroatoms. The first-order valence-corrected chi connectivity index (χ1v) is 7.84. The van der Waals surface area contributed by atoms with E-state index in [2.05, 4.69) is 5.32 Å². The van der Waals surface area contributed by atoms with Crippen LogP contribution < -0.4 is 5.32 Å². The Morgan fingerprint density at radius 1 is 1.41 bits per heavy atom. The molecule has 1 aromatic carbocycles. The van der Waals surface area contributed by atoms with Crippen molar-refractivity contribution in [3.05, 3.63) is 33.9 Å². The van der Waals surface area contributed by atoms with Crippen molar-refractivity contribution >= 4 is 29.3 Å². The van der Waals surface area contributed by atoms with Gasteiger partial charge in [0.05, 0.1) is 9.82 Å². The van der Waals surface area contributed by atoms with E-state index in [9.17, 15) is 19.7 Å². The summed E-state index contributed by atoms with van der Waals surface area (Å²) in [5.41, 5.74) is -0.101. The minimum atomic E-state index is -1.13. The number of rotatable bonds is 7. The molecular formula is C14H18N2O5S. The lowest BCUT2D eigenvalue weighted by atomic mass is 10.0. The molecule has 0 aliphatic rings. The van der Waals surface area contributed by atoms with Gasteiger partial charge < -0.3 is 10.4 Å². The third kappa shape index (κ3) is 4.73. The Bertz CT molecular complexity index is 589. The summed E-state index contributed by atoms with van der Waals surface area (Å²) < 4.78 is 0. The van der Waals surface area contributed by atoms with Gasteiger partial charge in [0.15, 0.2) is 0 Å². The minimum absolute atomic E-state index is 0.0690. The molecule has 0 saturated heterocycles. The average Bonchev–Trinajstić information content (AvgIpc) is 2.44.